The smallest absolute Gasteiger partial charge is 0.271 e. The van der Waals surface area contributed by atoms with Gasteiger partial charge in [-0.25, -0.2) is 4.98 Å². The van der Waals surface area contributed by atoms with Crippen LogP contribution in [0.1, 0.15) is 12.8 Å². The van der Waals surface area contributed by atoms with E-state index in [4.69, 9.17) is 5.11 Å². The summed E-state index contributed by atoms with van der Waals surface area (Å²) in [6.45, 7) is 3.58. The van der Waals surface area contributed by atoms with Crippen molar-refractivity contribution in [2.75, 3.05) is 26.2 Å². The second kappa shape index (κ2) is 7.70. The standard InChI is InChI=1S/C20H23N3O2S/c24-10-9-22-8-4-5-15(12-22)13-23-14-21-17-11-18(26-19(17)20(23)25)16-6-2-1-3-7-16/h1-3,6-7,11,14-15,24H,4-5,8-10,12-13H2. The summed E-state index contributed by atoms with van der Waals surface area (Å²) >= 11 is 1.52. The van der Waals surface area contributed by atoms with E-state index in [2.05, 4.69) is 22.0 Å². The fraction of sp³-hybridized carbons (Fsp3) is 0.400. The van der Waals surface area contributed by atoms with E-state index in [0.29, 0.717) is 19.0 Å². The molecule has 0 saturated carbocycles. The Labute approximate surface area is 156 Å². The van der Waals surface area contributed by atoms with E-state index in [-0.39, 0.29) is 12.2 Å². The molecule has 0 bridgehead atoms. The van der Waals surface area contributed by atoms with Gasteiger partial charge < -0.3 is 10.0 Å². The second-order valence-corrected chi connectivity index (χ2v) is 7.98. The molecule has 1 aromatic carbocycles. The number of piperidine rings is 1. The molecule has 0 amide bonds. The Balaban J connectivity index is 1.59. The van der Waals surface area contributed by atoms with E-state index in [0.717, 1.165) is 46.6 Å². The van der Waals surface area contributed by atoms with Crippen molar-refractivity contribution in [1.29, 1.82) is 0 Å². The minimum atomic E-state index is 0.0569. The monoisotopic (exact) mass is 369 g/mol. The number of likely N-dealkylation sites (tertiary alicyclic amines) is 1. The molecule has 2 aromatic heterocycles. The number of hydrogen-bond acceptors (Lipinski definition) is 5. The van der Waals surface area contributed by atoms with Gasteiger partial charge in [0.15, 0.2) is 0 Å². The maximum absolute atomic E-state index is 12.9. The van der Waals surface area contributed by atoms with Gasteiger partial charge in [0.2, 0.25) is 0 Å². The molecule has 4 rings (SSSR count). The van der Waals surface area contributed by atoms with Crippen LogP contribution in [0.3, 0.4) is 0 Å². The highest BCUT2D eigenvalue weighted by molar-refractivity contribution is 7.22. The van der Waals surface area contributed by atoms with E-state index in [9.17, 15) is 4.79 Å². The number of β-amino-alcohol motifs (C(OH)–C–C–N with tert-alkyl or cyclic N) is 1. The summed E-state index contributed by atoms with van der Waals surface area (Å²) in [7, 11) is 0. The number of aromatic nitrogens is 2. The summed E-state index contributed by atoms with van der Waals surface area (Å²) in [6, 6.07) is 12.1. The van der Waals surface area contributed by atoms with Gasteiger partial charge in [-0.2, -0.15) is 0 Å². The Morgan fingerprint density at radius 1 is 1.27 bits per heavy atom. The van der Waals surface area contributed by atoms with E-state index in [1.807, 2.05) is 24.3 Å². The summed E-state index contributed by atoms with van der Waals surface area (Å²) in [4.78, 5) is 20.8. The fourth-order valence-electron chi connectivity index (χ4n) is 3.74. The molecule has 1 aliphatic heterocycles. The van der Waals surface area contributed by atoms with Crippen LogP contribution >= 0.6 is 11.3 Å². The van der Waals surface area contributed by atoms with Crippen molar-refractivity contribution in [2.24, 2.45) is 5.92 Å². The lowest BCUT2D eigenvalue weighted by molar-refractivity contribution is 0.132. The molecule has 1 unspecified atom stereocenters. The van der Waals surface area contributed by atoms with Gasteiger partial charge in [0, 0.05) is 24.5 Å². The van der Waals surface area contributed by atoms with E-state index in [1.54, 1.807) is 10.9 Å². The van der Waals surface area contributed by atoms with Gasteiger partial charge in [-0.15, -0.1) is 11.3 Å². The minimum absolute atomic E-state index is 0.0569. The van der Waals surface area contributed by atoms with Crippen LogP contribution in [0.25, 0.3) is 20.7 Å². The third-order valence-corrected chi connectivity index (χ3v) is 6.20. The average Bonchev–Trinajstić information content (AvgIpc) is 3.11. The Morgan fingerprint density at radius 2 is 2.12 bits per heavy atom. The molecule has 6 heteroatoms. The SMILES string of the molecule is O=c1c2sc(-c3ccccc3)cc2ncn1CC1CCCN(CCO)C1. The third kappa shape index (κ3) is 3.58. The largest absolute Gasteiger partial charge is 0.395 e. The van der Waals surface area contributed by atoms with Crippen molar-refractivity contribution in [3.8, 4) is 10.4 Å². The predicted molar refractivity (Wildman–Crippen MR) is 106 cm³/mol. The second-order valence-electron chi connectivity index (χ2n) is 6.93. The first-order valence-electron chi connectivity index (χ1n) is 9.12. The highest BCUT2D eigenvalue weighted by Crippen LogP contribution is 2.30. The Bertz CT molecular complexity index is 933. The molecule has 0 spiro atoms. The normalized spacial score (nSPS) is 18.4. The molecule has 1 aliphatic rings. The van der Waals surface area contributed by atoms with Crippen LogP contribution in [-0.4, -0.2) is 45.8 Å². The molecule has 1 N–H and O–H groups in total. The van der Waals surface area contributed by atoms with Crippen LogP contribution in [0, 0.1) is 5.92 Å². The molecule has 1 fully saturated rings. The topological polar surface area (TPSA) is 58.4 Å². The number of nitrogens with zero attached hydrogens (tertiary/aromatic N) is 3. The molecule has 26 heavy (non-hydrogen) atoms. The summed E-state index contributed by atoms with van der Waals surface area (Å²) in [6.07, 6.45) is 3.93. The van der Waals surface area contributed by atoms with Crippen molar-refractivity contribution < 1.29 is 5.11 Å². The van der Waals surface area contributed by atoms with Gasteiger partial charge in [0.25, 0.3) is 5.56 Å². The first-order chi connectivity index (χ1) is 12.7. The highest BCUT2D eigenvalue weighted by atomic mass is 32.1. The molecule has 3 aromatic rings. The fourth-order valence-corrected chi connectivity index (χ4v) is 4.81. The minimum Gasteiger partial charge on any atom is -0.395 e. The third-order valence-electron chi connectivity index (χ3n) is 5.04. The van der Waals surface area contributed by atoms with E-state index >= 15 is 0 Å². The van der Waals surface area contributed by atoms with Crippen molar-refractivity contribution >= 4 is 21.6 Å². The number of thiophene rings is 1. The summed E-state index contributed by atoms with van der Waals surface area (Å²) < 4.78 is 2.50. The van der Waals surface area contributed by atoms with E-state index in [1.165, 1.54) is 11.3 Å². The number of hydrogen-bond donors (Lipinski definition) is 1. The van der Waals surface area contributed by atoms with Gasteiger partial charge in [0.1, 0.15) is 4.70 Å². The molecule has 0 aliphatic carbocycles. The Morgan fingerprint density at radius 3 is 2.92 bits per heavy atom. The van der Waals surface area contributed by atoms with E-state index < -0.39 is 0 Å². The van der Waals surface area contributed by atoms with Crippen LogP contribution in [0.5, 0.6) is 0 Å². The highest BCUT2D eigenvalue weighted by Gasteiger charge is 2.21. The zero-order valence-corrected chi connectivity index (χ0v) is 15.5. The van der Waals surface area contributed by atoms with Crippen molar-refractivity contribution in [3.05, 3.63) is 53.1 Å². The number of rotatable bonds is 5. The first-order valence-corrected chi connectivity index (χ1v) is 9.94. The van der Waals surface area contributed by atoms with Crippen LogP contribution < -0.4 is 5.56 Å². The molecule has 136 valence electrons. The maximum atomic E-state index is 12.9. The van der Waals surface area contributed by atoms with Crippen LogP contribution in [0.2, 0.25) is 0 Å². The van der Waals surface area contributed by atoms with Crippen molar-refractivity contribution in [3.63, 3.8) is 0 Å². The molecular weight excluding hydrogens is 346 g/mol. The summed E-state index contributed by atoms with van der Waals surface area (Å²) in [5.74, 6) is 0.431. The Kier molecular flexibility index (Phi) is 5.15. The predicted octanol–water partition coefficient (Wildman–Crippen LogP) is 2.83. The first kappa shape index (κ1) is 17.4. The van der Waals surface area contributed by atoms with Crippen molar-refractivity contribution in [1.82, 2.24) is 14.5 Å². The lowest BCUT2D eigenvalue weighted by Crippen LogP contribution is -2.39. The number of aliphatic hydroxyl groups is 1. The quantitative estimate of drug-likeness (QED) is 0.751. The summed E-state index contributed by atoms with van der Waals surface area (Å²) in [5.41, 5.74) is 1.95. The Hall–Kier alpha value is -2.02. The van der Waals surface area contributed by atoms with Gasteiger partial charge >= 0.3 is 0 Å². The van der Waals surface area contributed by atoms with Crippen LogP contribution in [-0.2, 0) is 6.54 Å². The zero-order valence-electron chi connectivity index (χ0n) is 14.7. The van der Waals surface area contributed by atoms with Gasteiger partial charge in [-0.05, 0) is 36.9 Å². The van der Waals surface area contributed by atoms with Gasteiger partial charge in [0.05, 0.1) is 18.5 Å². The number of benzene rings is 1. The van der Waals surface area contributed by atoms with Gasteiger partial charge in [-0.1, -0.05) is 30.3 Å². The van der Waals surface area contributed by atoms with Crippen LogP contribution in [0.4, 0.5) is 0 Å². The molecule has 1 saturated heterocycles. The molecule has 5 nitrogen and oxygen atoms in total. The number of fused-ring (bicyclic) bond motifs is 1. The number of aliphatic hydroxyl groups excluding tert-OH is 1. The lowest BCUT2D eigenvalue weighted by atomic mass is 9.98. The molecular formula is C20H23N3O2S. The van der Waals surface area contributed by atoms with Crippen molar-refractivity contribution in [2.45, 2.75) is 19.4 Å². The molecule has 1 atom stereocenters. The lowest BCUT2D eigenvalue weighted by Gasteiger charge is -2.32. The molecule has 0 radical (unpaired) electrons. The maximum Gasteiger partial charge on any atom is 0.271 e. The van der Waals surface area contributed by atoms with Gasteiger partial charge in [-0.3, -0.25) is 9.36 Å². The zero-order chi connectivity index (χ0) is 17.9. The molecule has 3 heterocycles. The summed E-state index contributed by atoms with van der Waals surface area (Å²) in [5, 5.41) is 9.15. The van der Waals surface area contributed by atoms with Crippen LogP contribution in [0.15, 0.2) is 47.5 Å². The average molecular weight is 369 g/mol.